The van der Waals surface area contributed by atoms with Crippen LogP contribution in [0, 0.1) is 6.92 Å². The van der Waals surface area contributed by atoms with Crippen LogP contribution < -0.4 is 0 Å². The molecule has 5 heteroatoms. The van der Waals surface area contributed by atoms with Gasteiger partial charge >= 0.3 is 0 Å². The molecule has 144 valence electrons. The Bertz CT molecular complexity index is 1140. The van der Waals surface area contributed by atoms with Crippen molar-refractivity contribution in [3.05, 3.63) is 84.3 Å². The minimum absolute atomic E-state index is 0.324. The number of hydrogen-bond acceptors (Lipinski definition) is 5. The molecule has 0 N–H and O–H groups in total. The number of para-hydroxylation sites is 1. The van der Waals surface area contributed by atoms with Crippen molar-refractivity contribution in [2.24, 2.45) is 0 Å². The van der Waals surface area contributed by atoms with E-state index in [2.05, 4.69) is 63.2 Å². The normalized spacial score (nSPS) is 17.1. The number of likely N-dealkylation sites (tertiary alicyclic amines) is 1. The van der Waals surface area contributed by atoms with Crippen LogP contribution in [-0.2, 0) is 6.54 Å². The summed E-state index contributed by atoms with van der Waals surface area (Å²) in [7, 11) is 0. The van der Waals surface area contributed by atoms with Crippen molar-refractivity contribution in [1.82, 2.24) is 24.8 Å². The minimum Gasteiger partial charge on any atom is -0.290 e. The molecule has 1 saturated heterocycles. The monoisotopic (exact) mass is 381 g/mol. The van der Waals surface area contributed by atoms with Gasteiger partial charge in [-0.1, -0.05) is 18.2 Å². The Morgan fingerprint density at radius 3 is 2.79 bits per heavy atom. The predicted octanol–water partition coefficient (Wildman–Crippen LogP) is 4.73. The molecular formula is C24H23N5. The Balaban J connectivity index is 1.47. The van der Waals surface area contributed by atoms with E-state index in [0.717, 1.165) is 47.5 Å². The number of aromatic nitrogens is 4. The molecular weight excluding hydrogens is 358 g/mol. The number of aryl methyl sites for hydroxylation is 1. The molecule has 0 radical (unpaired) electrons. The van der Waals surface area contributed by atoms with Crippen molar-refractivity contribution < 1.29 is 0 Å². The first-order valence-electron chi connectivity index (χ1n) is 10.1. The highest BCUT2D eigenvalue weighted by Crippen LogP contribution is 2.35. The molecule has 1 aliphatic rings. The average molecular weight is 381 g/mol. The molecule has 0 bridgehead atoms. The summed E-state index contributed by atoms with van der Waals surface area (Å²) in [5.74, 6) is 0. The van der Waals surface area contributed by atoms with Gasteiger partial charge in [0.05, 0.1) is 17.3 Å². The van der Waals surface area contributed by atoms with Gasteiger partial charge in [-0.15, -0.1) is 0 Å². The van der Waals surface area contributed by atoms with Crippen LogP contribution in [0.25, 0.3) is 22.0 Å². The van der Waals surface area contributed by atoms with Gasteiger partial charge in [-0.25, -0.2) is 9.97 Å². The smallest absolute Gasteiger partial charge is 0.115 e. The van der Waals surface area contributed by atoms with E-state index in [4.69, 9.17) is 4.98 Å². The van der Waals surface area contributed by atoms with Crippen molar-refractivity contribution in [1.29, 1.82) is 0 Å². The molecule has 1 atom stereocenters. The second kappa shape index (κ2) is 7.68. The quantitative estimate of drug-likeness (QED) is 0.511. The summed E-state index contributed by atoms with van der Waals surface area (Å²) in [4.78, 5) is 20.3. The van der Waals surface area contributed by atoms with Crippen LogP contribution in [0.5, 0.6) is 0 Å². The van der Waals surface area contributed by atoms with E-state index in [1.165, 1.54) is 17.4 Å². The van der Waals surface area contributed by atoms with Gasteiger partial charge in [0.15, 0.2) is 0 Å². The number of pyridine rings is 2. The van der Waals surface area contributed by atoms with E-state index in [1.54, 1.807) is 6.33 Å². The zero-order chi connectivity index (χ0) is 19.6. The first-order valence-corrected chi connectivity index (χ1v) is 10.1. The van der Waals surface area contributed by atoms with Crippen LogP contribution in [0.3, 0.4) is 0 Å². The fourth-order valence-electron chi connectivity index (χ4n) is 4.34. The number of benzene rings is 1. The topological polar surface area (TPSA) is 54.8 Å². The Morgan fingerprint density at radius 2 is 1.90 bits per heavy atom. The molecule has 29 heavy (non-hydrogen) atoms. The average Bonchev–Trinajstić information content (AvgIpc) is 3.22. The summed E-state index contributed by atoms with van der Waals surface area (Å²) in [6.45, 7) is 4.06. The van der Waals surface area contributed by atoms with Gasteiger partial charge in [0, 0.05) is 41.8 Å². The third-order valence-electron chi connectivity index (χ3n) is 5.68. The molecule has 4 aromatic rings. The molecule has 0 amide bonds. The lowest BCUT2D eigenvalue weighted by Crippen LogP contribution is -2.24. The lowest BCUT2D eigenvalue weighted by molar-refractivity contribution is 0.245. The van der Waals surface area contributed by atoms with Crippen LogP contribution in [0.15, 0.2) is 67.4 Å². The molecule has 5 rings (SSSR count). The SMILES string of the molecule is Cc1cc(-c2cncnc2)cc(C2CCCN2Cc2ccnc3ccccc23)n1. The Morgan fingerprint density at radius 1 is 1.03 bits per heavy atom. The third-order valence-corrected chi connectivity index (χ3v) is 5.68. The highest BCUT2D eigenvalue weighted by atomic mass is 15.2. The fourth-order valence-corrected chi connectivity index (χ4v) is 4.34. The summed E-state index contributed by atoms with van der Waals surface area (Å²) in [6.07, 6.45) is 9.52. The second-order valence-electron chi connectivity index (χ2n) is 7.66. The largest absolute Gasteiger partial charge is 0.290 e. The number of hydrogen-bond donors (Lipinski definition) is 0. The van der Waals surface area contributed by atoms with Gasteiger partial charge in [0.25, 0.3) is 0 Å². The summed E-state index contributed by atoms with van der Waals surface area (Å²) >= 11 is 0. The van der Waals surface area contributed by atoms with Crippen molar-refractivity contribution in [3.8, 4) is 11.1 Å². The maximum Gasteiger partial charge on any atom is 0.115 e. The molecule has 5 nitrogen and oxygen atoms in total. The molecule has 1 aromatic carbocycles. The molecule has 0 spiro atoms. The van der Waals surface area contributed by atoms with E-state index >= 15 is 0 Å². The predicted molar refractivity (Wildman–Crippen MR) is 114 cm³/mol. The van der Waals surface area contributed by atoms with E-state index < -0.39 is 0 Å². The first kappa shape index (κ1) is 17.9. The van der Waals surface area contributed by atoms with Crippen LogP contribution >= 0.6 is 0 Å². The maximum atomic E-state index is 4.90. The Hall–Kier alpha value is -3.18. The molecule has 4 heterocycles. The van der Waals surface area contributed by atoms with Crippen LogP contribution in [-0.4, -0.2) is 31.4 Å². The van der Waals surface area contributed by atoms with Crippen molar-refractivity contribution in [2.45, 2.75) is 32.4 Å². The highest BCUT2D eigenvalue weighted by Gasteiger charge is 2.28. The Labute approximate surface area is 170 Å². The molecule has 1 unspecified atom stereocenters. The van der Waals surface area contributed by atoms with Crippen LogP contribution in [0.2, 0.25) is 0 Å². The minimum atomic E-state index is 0.324. The van der Waals surface area contributed by atoms with E-state index in [1.807, 2.05) is 24.7 Å². The summed E-state index contributed by atoms with van der Waals surface area (Å²) in [5.41, 5.74) is 6.72. The summed E-state index contributed by atoms with van der Waals surface area (Å²) < 4.78 is 0. The van der Waals surface area contributed by atoms with Crippen molar-refractivity contribution in [3.63, 3.8) is 0 Å². The van der Waals surface area contributed by atoms with Gasteiger partial charge in [-0.3, -0.25) is 14.9 Å². The van der Waals surface area contributed by atoms with E-state index in [-0.39, 0.29) is 0 Å². The first-order chi connectivity index (χ1) is 14.3. The molecule has 3 aromatic heterocycles. The summed E-state index contributed by atoms with van der Waals surface area (Å²) in [5, 5.41) is 1.24. The molecule has 0 saturated carbocycles. The number of fused-ring (bicyclic) bond motifs is 1. The Kier molecular flexibility index (Phi) is 4.74. The van der Waals surface area contributed by atoms with E-state index in [9.17, 15) is 0 Å². The van der Waals surface area contributed by atoms with Crippen molar-refractivity contribution in [2.75, 3.05) is 6.54 Å². The number of nitrogens with zero attached hydrogens (tertiary/aromatic N) is 5. The molecule has 1 fully saturated rings. The zero-order valence-corrected chi connectivity index (χ0v) is 16.5. The van der Waals surface area contributed by atoms with Gasteiger partial charge in [-0.2, -0.15) is 0 Å². The fraction of sp³-hybridized carbons (Fsp3) is 0.250. The van der Waals surface area contributed by atoms with E-state index in [0.29, 0.717) is 6.04 Å². The highest BCUT2D eigenvalue weighted by molar-refractivity contribution is 5.81. The molecule has 0 aliphatic carbocycles. The van der Waals surface area contributed by atoms with Crippen LogP contribution in [0.1, 0.15) is 35.8 Å². The lowest BCUT2D eigenvalue weighted by Gasteiger charge is -2.25. The van der Waals surface area contributed by atoms with Crippen LogP contribution in [0.4, 0.5) is 0 Å². The summed E-state index contributed by atoms with van der Waals surface area (Å²) in [6, 6.07) is 15.2. The maximum absolute atomic E-state index is 4.90. The zero-order valence-electron chi connectivity index (χ0n) is 16.5. The van der Waals surface area contributed by atoms with Gasteiger partial charge < -0.3 is 0 Å². The second-order valence-corrected chi connectivity index (χ2v) is 7.66. The third kappa shape index (κ3) is 3.61. The van der Waals surface area contributed by atoms with Gasteiger partial charge in [0.1, 0.15) is 6.33 Å². The molecule has 1 aliphatic heterocycles. The standard InChI is InChI=1S/C24H23N5/c1-17-11-19(20-13-25-16-26-14-20)12-23(28-17)24-7-4-10-29(24)15-18-8-9-27-22-6-3-2-5-21(18)22/h2-3,5-6,8-9,11-14,16,24H,4,7,10,15H2,1H3. The number of rotatable bonds is 4. The van der Waals surface area contributed by atoms with Gasteiger partial charge in [0.2, 0.25) is 0 Å². The van der Waals surface area contributed by atoms with Crippen molar-refractivity contribution >= 4 is 10.9 Å². The lowest BCUT2D eigenvalue weighted by atomic mass is 10.0. The van der Waals surface area contributed by atoms with Gasteiger partial charge in [-0.05, 0) is 61.7 Å².